The van der Waals surface area contributed by atoms with Gasteiger partial charge in [-0.25, -0.2) is 14.1 Å². The van der Waals surface area contributed by atoms with E-state index in [1.54, 1.807) is 24.3 Å². The van der Waals surface area contributed by atoms with Crippen molar-refractivity contribution in [1.29, 1.82) is 0 Å². The monoisotopic (exact) mass is 415 g/mol. The average molecular weight is 415 g/mol. The quantitative estimate of drug-likeness (QED) is 0.670. The second kappa shape index (κ2) is 9.36. The summed E-state index contributed by atoms with van der Waals surface area (Å²) in [5, 5.41) is 2.56. The Bertz CT molecular complexity index is 934. The zero-order chi connectivity index (χ0) is 21.7. The SMILES string of the molecule is COCCN1C(=O)N(c2ccc(OC)cc2)C(=O)[C@@H]1CC(=O)Nc1cccc(F)c1. The van der Waals surface area contributed by atoms with E-state index in [2.05, 4.69) is 5.32 Å². The van der Waals surface area contributed by atoms with Crippen LogP contribution in [-0.2, 0) is 14.3 Å². The zero-order valence-electron chi connectivity index (χ0n) is 16.6. The van der Waals surface area contributed by atoms with Gasteiger partial charge in [-0.15, -0.1) is 0 Å². The van der Waals surface area contributed by atoms with Gasteiger partial charge in [0.05, 0.1) is 25.8 Å². The molecule has 1 heterocycles. The van der Waals surface area contributed by atoms with Gasteiger partial charge in [-0.05, 0) is 42.5 Å². The van der Waals surface area contributed by atoms with Crippen LogP contribution in [0.15, 0.2) is 48.5 Å². The summed E-state index contributed by atoms with van der Waals surface area (Å²) >= 11 is 0. The van der Waals surface area contributed by atoms with E-state index in [4.69, 9.17) is 9.47 Å². The molecule has 9 heteroatoms. The third-order valence-electron chi connectivity index (χ3n) is 4.67. The van der Waals surface area contributed by atoms with Crippen molar-refractivity contribution in [1.82, 2.24) is 4.90 Å². The normalized spacial score (nSPS) is 16.2. The first-order chi connectivity index (χ1) is 14.4. The van der Waals surface area contributed by atoms with Crippen LogP contribution in [0.5, 0.6) is 5.75 Å². The summed E-state index contributed by atoms with van der Waals surface area (Å²) in [6, 6.07) is 10.4. The van der Waals surface area contributed by atoms with Crippen molar-refractivity contribution in [3.63, 3.8) is 0 Å². The Labute approximate surface area is 173 Å². The molecule has 1 atom stereocenters. The van der Waals surface area contributed by atoms with Crippen molar-refractivity contribution < 1.29 is 28.2 Å². The minimum absolute atomic E-state index is 0.144. The number of anilines is 2. The van der Waals surface area contributed by atoms with Crippen molar-refractivity contribution in [2.75, 3.05) is 37.6 Å². The molecule has 0 bridgehead atoms. The maximum atomic E-state index is 13.3. The molecule has 0 aromatic heterocycles. The number of nitrogens with one attached hydrogen (secondary N) is 1. The fraction of sp³-hybridized carbons (Fsp3) is 0.286. The van der Waals surface area contributed by atoms with Gasteiger partial charge in [0.15, 0.2) is 0 Å². The summed E-state index contributed by atoms with van der Waals surface area (Å²) < 4.78 is 23.5. The molecule has 1 saturated heterocycles. The van der Waals surface area contributed by atoms with Gasteiger partial charge in [0.1, 0.15) is 17.6 Å². The lowest BCUT2D eigenvalue weighted by Gasteiger charge is -2.21. The minimum Gasteiger partial charge on any atom is -0.497 e. The number of hydrogen-bond donors (Lipinski definition) is 1. The molecule has 0 spiro atoms. The Morgan fingerprint density at radius 1 is 1.13 bits per heavy atom. The van der Waals surface area contributed by atoms with Gasteiger partial charge in [0.25, 0.3) is 5.91 Å². The number of carbonyl (C=O) groups is 3. The van der Waals surface area contributed by atoms with Crippen molar-refractivity contribution in [2.24, 2.45) is 0 Å². The fourth-order valence-corrected chi connectivity index (χ4v) is 3.20. The zero-order valence-corrected chi connectivity index (χ0v) is 16.6. The Morgan fingerprint density at radius 2 is 1.87 bits per heavy atom. The Morgan fingerprint density at radius 3 is 2.50 bits per heavy atom. The molecule has 3 rings (SSSR count). The van der Waals surface area contributed by atoms with E-state index < -0.39 is 29.7 Å². The number of nitrogens with zero attached hydrogens (tertiary/aromatic N) is 2. The van der Waals surface area contributed by atoms with Gasteiger partial charge in [-0.2, -0.15) is 0 Å². The molecule has 0 radical (unpaired) electrons. The van der Waals surface area contributed by atoms with Crippen LogP contribution < -0.4 is 15.0 Å². The van der Waals surface area contributed by atoms with Gasteiger partial charge in [0.2, 0.25) is 5.91 Å². The number of carbonyl (C=O) groups excluding carboxylic acids is 3. The molecule has 8 nitrogen and oxygen atoms in total. The highest BCUT2D eigenvalue weighted by molar-refractivity contribution is 6.22. The fourth-order valence-electron chi connectivity index (χ4n) is 3.20. The molecule has 1 fully saturated rings. The lowest BCUT2D eigenvalue weighted by atomic mass is 10.1. The van der Waals surface area contributed by atoms with Gasteiger partial charge in [0, 0.05) is 19.3 Å². The number of ether oxygens (including phenoxy) is 2. The lowest BCUT2D eigenvalue weighted by molar-refractivity contribution is -0.124. The van der Waals surface area contributed by atoms with Crippen LogP contribution in [0.4, 0.5) is 20.6 Å². The van der Waals surface area contributed by atoms with Gasteiger partial charge < -0.3 is 19.7 Å². The van der Waals surface area contributed by atoms with E-state index >= 15 is 0 Å². The third kappa shape index (κ3) is 4.57. The van der Waals surface area contributed by atoms with Gasteiger partial charge in [-0.3, -0.25) is 9.59 Å². The molecule has 30 heavy (non-hydrogen) atoms. The van der Waals surface area contributed by atoms with Crippen LogP contribution in [0, 0.1) is 5.82 Å². The largest absolute Gasteiger partial charge is 0.497 e. The summed E-state index contributed by atoms with van der Waals surface area (Å²) in [5.41, 5.74) is 0.647. The highest BCUT2D eigenvalue weighted by Crippen LogP contribution is 2.28. The van der Waals surface area contributed by atoms with E-state index in [1.165, 1.54) is 43.4 Å². The molecule has 1 N–H and O–H groups in total. The lowest BCUT2D eigenvalue weighted by Crippen LogP contribution is -2.39. The molecule has 1 aliphatic rings. The highest BCUT2D eigenvalue weighted by atomic mass is 19.1. The predicted octanol–water partition coefficient (Wildman–Crippen LogP) is 2.65. The summed E-state index contributed by atoms with van der Waals surface area (Å²) in [7, 11) is 3.00. The maximum absolute atomic E-state index is 13.3. The molecular formula is C21H22FN3O5. The summed E-state index contributed by atoms with van der Waals surface area (Å²) in [6.45, 7) is 0.350. The van der Waals surface area contributed by atoms with Crippen molar-refractivity contribution >= 4 is 29.2 Å². The summed E-state index contributed by atoms with van der Waals surface area (Å²) in [6.07, 6.45) is -0.266. The standard InChI is InChI=1S/C21H22FN3O5/c1-29-11-10-24-18(13-19(26)23-15-5-3-4-14(22)12-15)20(27)25(21(24)28)16-6-8-17(30-2)9-7-16/h3-9,12,18H,10-11,13H2,1-2H3,(H,23,26)/t18-/m0/s1. The summed E-state index contributed by atoms with van der Waals surface area (Å²) in [4.78, 5) is 40.8. The molecule has 158 valence electrons. The number of amides is 4. The second-order valence-electron chi connectivity index (χ2n) is 6.62. The summed E-state index contributed by atoms with van der Waals surface area (Å²) in [5.74, 6) is -0.936. The maximum Gasteiger partial charge on any atom is 0.332 e. The average Bonchev–Trinajstić information content (AvgIpc) is 2.95. The van der Waals surface area contributed by atoms with Crippen LogP contribution in [-0.4, -0.2) is 56.2 Å². The molecule has 1 aliphatic heterocycles. The Kier molecular flexibility index (Phi) is 6.63. The van der Waals surface area contributed by atoms with Crippen LogP contribution in [0.3, 0.4) is 0 Å². The number of benzene rings is 2. The van der Waals surface area contributed by atoms with Crippen molar-refractivity contribution in [2.45, 2.75) is 12.5 Å². The van der Waals surface area contributed by atoms with Crippen LogP contribution in [0.25, 0.3) is 0 Å². The van der Waals surface area contributed by atoms with E-state index in [0.29, 0.717) is 11.4 Å². The number of imide groups is 1. The predicted molar refractivity (Wildman–Crippen MR) is 108 cm³/mol. The molecule has 2 aromatic carbocycles. The number of urea groups is 1. The number of methoxy groups -OCH3 is 2. The molecule has 2 aromatic rings. The van der Waals surface area contributed by atoms with E-state index in [9.17, 15) is 18.8 Å². The number of rotatable bonds is 8. The smallest absolute Gasteiger partial charge is 0.332 e. The minimum atomic E-state index is -0.997. The molecular weight excluding hydrogens is 393 g/mol. The first-order valence-corrected chi connectivity index (χ1v) is 9.27. The van der Waals surface area contributed by atoms with Crippen LogP contribution in [0.2, 0.25) is 0 Å². The first kappa shape index (κ1) is 21.3. The molecule has 4 amide bonds. The Balaban J connectivity index is 1.80. The van der Waals surface area contributed by atoms with E-state index in [1.807, 2.05) is 0 Å². The van der Waals surface area contributed by atoms with Crippen LogP contribution in [0.1, 0.15) is 6.42 Å². The molecule has 0 unspecified atom stereocenters. The Hall–Kier alpha value is -3.46. The van der Waals surface area contributed by atoms with Gasteiger partial charge >= 0.3 is 6.03 Å². The van der Waals surface area contributed by atoms with Crippen LogP contribution >= 0.6 is 0 Å². The van der Waals surface area contributed by atoms with E-state index in [0.717, 1.165) is 4.90 Å². The highest BCUT2D eigenvalue weighted by Gasteiger charge is 2.46. The third-order valence-corrected chi connectivity index (χ3v) is 4.67. The van der Waals surface area contributed by atoms with Gasteiger partial charge in [-0.1, -0.05) is 6.07 Å². The van der Waals surface area contributed by atoms with E-state index in [-0.39, 0.29) is 25.3 Å². The van der Waals surface area contributed by atoms with Crippen molar-refractivity contribution in [3.05, 3.63) is 54.3 Å². The second-order valence-corrected chi connectivity index (χ2v) is 6.62. The molecule has 0 aliphatic carbocycles. The topological polar surface area (TPSA) is 88.2 Å². The first-order valence-electron chi connectivity index (χ1n) is 9.27. The number of hydrogen-bond acceptors (Lipinski definition) is 5. The number of halogens is 1. The van der Waals surface area contributed by atoms with Crippen molar-refractivity contribution in [3.8, 4) is 5.75 Å². The molecule has 0 saturated carbocycles.